The smallest absolute Gasteiger partial charge is 0.431 e. The van der Waals surface area contributed by atoms with Crippen molar-refractivity contribution in [2.75, 3.05) is 0 Å². The summed E-state index contributed by atoms with van der Waals surface area (Å²) in [7, 11) is 0. The number of amides is 1. The zero-order chi connectivity index (χ0) is 13.6. The molecule has 0 aromatic heterocycles. The van der Waals surface area contributed by atoms with Crippen LogP contribution in [0.25, 0.3) is 0 Å². The van der Waals surface area contributed by atoms with Crippen molar-refractivity contribution in [2.45, 2.75) is 52.7 Å². The first-order valence-corrected chi connectivity index (χ1v) is 5.49. The summed E-state index contributed by atoms with van der Waals surface area (Å²) >= 11 is 0. The molecule has 0 bridgehead atoms. The van der Waals surface area contributed by atoms with Gasteiger partial charge in [0.25, 0.3) is 0 Å². The van der Waals surface area contributed by atoms with Gasteiger partial charge in [-0.2, -0.15) is 5.48 Å². The summed E-state index contributed by atoms with van der Waals surface area (Å²) in [6, 6.07) is 0. The van der Waals surface area contributed by atoms with E-state index >= 15 is 0 Å². The Morgan fingerprint density at radius 3 is 2.18 bits per heavy atom. The normalized spacial score (nSPS) is 13.3. The number of carbonyl (C=O) groups excluding carboxylic acids is 1. The van der Waals surface area contributed by atoms with Crippen LogP contribution in [0.4, 0.5) is 4.79 Å². The van der Waals surface area contributed by atoms with E-state index in [0.29, 0.717) is 6.42 Å². The highest BCUT2D eigenvalue weighted by atomic mass is 16.7. The molecule has 2 N–H and O–H groups in total. The second kappa shape index (κ2) is 6.44. The van der Waals surface area contributed by atoms with E-state index in [2.05, 4.69) is 0 Å². The summed E-state index contributed by atoms with van der Waals surface area (Å²) in [5.74, 6) is -0.966. The molecule has 0 rings (SSSR count). The van der Waals surface area contributed by atoms with Gasteiger partial charge in [-0.3, -0.25) is 4.84 Å². The second-order valence-corrected chi connectivity index (χ2v) is 5.18. The molecule has 0 aromatic rings. The number of hydrogen-bond donors (Lipinski definition) is 2. The summed E-state index contributed by atoms with van der Waals surface area (Å²) in [5.41, 5.74) is 1.34. The first-order chi connectivity index (χ1) is 7.61. The number of rotatable bonds is 5. The van der Waals surface area contributed by atoms with E-state index in [1.54, 1.807) is 20.8 Å². The molecule has 0 saturated heterocycles. The summed E-state index contributed by atoms with van der Waals surface area (Å²) < 4.78 is 4.90. The molecule has 0 radical (unpaired) electrons. The number of carbonyl (C=O) groups is 2. The monoisotopic (exact) mass is 247 g/mol. The van der Waals surface area contributed by atoms with Crippen LogP contribution >= 0.6 is 0 Å². The molecule has 0 aliphatic heterocycles. The van der Waals surface area contributed by atoms with Crippen LogP contribution in [-0.2, 0) is 14.4 Å². The largest absolute Gasteiger partial charge is 0.479 e. The summed E-state index contributed by atoms with van der Waals surface area (Å²) in [4.78, 5) is 26.8. The molecule has 6 heteroatoms. The number of carboxylic acid groups (broad SMARTS) is 1. The lowest BCUT2D eigenvalue weighted by Crippen LogP contribution is -2.38. The average Bonchev–Trinajstić information content (AvgIpc) is 2.08. The summed E-state index contributed by atoms with van der Waals surface area (Å²) in [6.45, 7) is 8.85. The van der Waals surface area contributed by atoms with E-state index in [-0.39, 0.29) is 5.92 Å². The van der Waals surface area contributed by atoms with Gasteiger partial charge in [0.1, 0.15) is 5.60 Å². The fourth-order valence-corrected chi connectivity index (χ4v) is 1.05. The molecule has 0 heterocycles. The SMILES string of the molecule is CC(C)C[C@H](ONC(=O)OC(C)(C)C)C(=O)O. The fourth-order valence-electron chi connectivity index (χ4n) is 1.05. The first kappa shape index (κ1) is 15.7. The third-order valence-corrected chi connectivity index (χ3v) is 1.64. The van der Waals surface area contributed by atoms with Crippen LogP contribution in [0, 0.1) is 5.92 Å². The Bertz CT molecular complexity index is 270. The van der Waals surface area contributed by atoms with Crippen molar-refractivity contribution in [1.82, 2.24) is 5.48 Å². The highest BCUT2D eigenvalue weighted by Crippen LogP contribution is 2.09. The maximum atomic E-state index is 11.2. The molecule has 1 atom stereocenters. The molecule has 0 aliphatic carbocycles. The highest BCUT2D eigenvalue weighted by Gasteiger charge is 2.23. The van der Waals surface area contributed by atoms with Crippen molar-refractivity contribution in [3.8, 4) is 0 Å². The predicted molar refractivity (Wildman–Crippen MR) is 61.3 cm³/mol. The van der Waals surface area contributed by atoms with E-state index in [9.17, 15) is 9.59 Å². The van der Waals surface area contributed by atoms with Gasteiger partial charge in [-0.05, 0) is 33.1 Å². The topological polar surface area (TPSA) is 84.9 Å². The summed E-state index contributed by atoms with van der Waals surface area (Å²) in [5, 5.41) is 8.85. The number of hydrogen-bond acceptors (Lipinski definition) is 4. The van der Waals surface area contributed by atoms with Crippen LogP contribution in [-0.4, -0.2) is 28.9 Å². The highest BCUT2D eigenvalue weighted by molar-refractivity contribution is 5.73. The lowest BCUT2D eigenvalue weighted by Gasteiger charge is -2.21. The molecule has 0 unspecified atom stereocenters. The molecule has 0 spiro atoms. The fraction of sp³-hybridized carbons (Fsp3) is 0.818. The van der Waals surface area contributed by atoms with E-state index in [4.69, 9.17) is 14.7 Å². The van der Waals surface area contributed by atoms with Crippen LogP contribution in [0.5, 0.6) is 0 Å². The van der Waals surface area contributed by atoms with Gasteiger partial charge < -0.3 is 9.84 Å². The van der Waals surface area contributed by atoms with Crippen LogP contribution < -0.4 is 5.48 Å². The lowest BCUT2D eigenvalue weighted by atomic mass is 10.1. The third-order valence-electron chi connectivity index (χ3n) is 1.64. The van der Waals surface area contributed by atoms with E-state index < -0.39 is 23.8 Å². The Kier molecular flexibility index (Phi) is 5.95. The van der Waals surface area contributed by atoms with Gasteiger partial charge in [-0.25, -0.2) is 9.59 Å². The molecular formula is C11H21NO5. The van der Waals surface area contributed by atoms with Crippen LogP contribution in [0.1, 0.15) is 41.0 Å². The molecule has 0 aromatic carbocycles. The van der Waals surface area contributed by atoms with Gasteiger partial charge in [0.15, 0.2) is 6.10 Å². The molecule has 0 saturated carbocycles. The first-order valence-electron chi connectivity index (χ1n) is 5.49. The van der Waals surface area contributed by atoms with Gasteiger partial charge in [0.2, 0.25) is 0 Å². The van der Waals surface area contributed by atoms with Crippen molar-refractivity contribution in [3.05, 3.63) is 0 Å². The minimum absolute atomic E-state index is 0.150. The number of carboxylic acids is 1. The lowest BCUT2D eigenvalue weighted by molar-refractivity contribution is -0.156. The quantitative estimate of drug-likeness (QED) is 0.725. The van der Waals surface area contributed by atoms with Gasteiger partial charge in [0, 0.05) is 0 Å². The number of aliphatic carboxylic acids is 1. The molecule has 6 nitrogen and oxygen atoms in total. The average molecular weight is 247 g/mol. The van der Waals surface area contributed by atoms with Crippen molar-refractivity contribution < 1.29 is 24.3 Å². The van der Waals surface area contributed by atoms with Gasteiger partial charge >= 0.3 is 12.1 Å². The van der Waals surface area contributed by atoms with Gasteiger partial charge in [-0.15, -0.1) is 0 Å². The molecule has 0 fully saturated rings. The minimum Gasteiger partial charge on any atom is -0.479 e. The van der Waals surface area contributed by atoms with Gasteiger partial charge in [-0.1, -0.05) is 13.8 Å². The molecule has 1 amide bonds. The Hall–Kier alpha value is -1.30. The maximum absolute atomic E-state index is 11.2. The van der Waals surface area contributed by atoms with E-state index in [0.717, 1.165) is 0 Å². The van der Waals surface area contributed by atoms with E-state index in [1.165, 1.54) is 0 Å². The Morgan fingerprint density at radius 2 is 1.82 bits per heavy atom. The molecule has 0 aliphatic rings. The standard InChI is InChI=1S/C11H21NO5/c1-7(2)6-8(9(13)14)17-12-10(15)16-11(3,4)5/h7-8H,6H2,1-5H3,(H,12,15)(H,13,14)/t8-/m0/s1. The predicted octanol–water partition coefficient (Wildman–Crippen LogP) is 1.94. The molecular weight excluding hydrogens is 226 g/mol. The van der Waals surface area contributed by atoms with Crippen molar-refractivity contribution >= 4 is 12.1 Å². The van der Waals surface area contributed by atoms with Crippen molar-refractivity contribution in [3.63, 3.8) is 0 Å². The van der Waals surface area contributed by atoms with E-state index in [1.807, 2.05) is 19.3 Å². The second-order valence-electron chi connectivity index (χ2n) is 5.18. The van der Waals surface area contributed by atoms with Crippen molar-refractivity contribution in [2.24, 2.45) is 5.92 Å². The Labute approximate surface area is 101 Å². The Balaban J connectivity index is 4.13. The number of nitrogens with one attached hydrogen (secondary N) is 1. The Morgan fingerprint density at radius 1 is 1.29 bits per heavy atom. The van der Waals surface area contributed by atoms with Gasteiger partial charge in [0.05, 0.1) is 0 Å². The maximum Gasteiger partial charge on any atom is 0.431 e. The van der Waals surface area contributed by atoms with Crippen LogP contribution in [0.15, 0.2) is 0 Å². The minimum atomic E-state index is -1.12. The van der Waals surface area contributed by atoms with Crippen LogP contribution in [0.2, 0.25) is 0 Å². The summed E-state index contributed by atoms with van der Waals surface area (Å²) in [6.07, 6.45) is -1.56. The molecule has 100 valence electrons. The molecule has 17 heavy (non-hydrogen) atoms. The number of hydroxylamine groups is 1. The zero-order valence-corrected chi connectivity index (χ0v) is 10.9. The van der Waals surface area contributed by atoms with Crippen LogP contribution in [0.3, 0.4) is 0 Å². The third kappa shape index (κ3) is 8.50. The number of ether oxygens (including phenoxy) is 1. The zero-order valence-electron chi connectivity index (χ0n) is 10.9. The van der Waals surface area contributed by atoms with Crippen molar-refractivity contribution in [1.29, 1.82) is 0 Å².